The third kappa shape index (κ3) is 2.24. The predicted octanol–water partition coefficient (Wildman–Crippen LogP) is 1.61. The first-order chi connectivity index (χ1) is 9.25. The van der Waals surface area contributed by atoms with Crippen LogP contribution >= 0.6 is 0 Å². The number of aromatic amines is 1. The number of imidazole rings is 1. The SMILES string of the molecule is CN1C(=O)CC(NCc2cnc[nH]2)c2ccccc21. The zero-order valence-electron chi connectivity index (χ0n) is 10.8. The average molecular weight is 256 g/mol. The van der Waals surface area contributed by atoms with E-state index >= 15 is 0 Å². The monoisotopic (exact) mass is 256 g/mol. The highest BCUT2D eigenvalue weighted by molar-refractivity contribution is 5.96. The number of carbonyl (C=O) groups is 1. The standard InChI is InChI=1S/C14H16N4O/c1-18-13-5-3-2-4-11(13)12(6-14(18)19)16-8-10-7-15-9-17-10/h2-5,7,9,12,16H,6,8H2,1H3,(H,15,17). The molecular formula is C14H16N4O. The van der Waals surface area contributed by atoms with Crippen molar-refractivity contribution >= 4 is 11.6 Å². The van der Waals surface area contributed by atoms with Crippen LogP contribution in [0, 0.1) is 0 Å². The van der Waals surface area contributed by atoms with Crippen LogP contribution in [-0.4, -0.2) is 22.9 Å². The molecule has 0 radical (unpaired) electrons. The van der Waals surface area contributed by atoms with Crippen molar-refractivity contribution in [2.24, 2.45) is 0 Å². The lowest BCUT2D eigenvalue weighted by molar-refractivity contribution is -0.119. The van der Waals surface area contributed by atoms with Gasteiger partial charge in [0.25, 0.3) is 0 Å². The Labute approximate surface area is 111 Å². The van der Waals surface area contributed by atoms with Crippen LogP contribution in [0.25, 0.3) is 0 Å². The molecule has 19 heavy (non-hydrogen) atoms. The van der Waals surface area contributed by atoms with E-state index in [1.54, 1.807) is 17.4 Å². The minimum absolute atomic E-state index is 0.0585. The number of carbonyl (C=O) groups excluding carboxylic acids is 1. The summed E-state index contributed by atoms with van der Waals surface area (Å²) in [5.41, 5.74) is 3.17. The van der Waals surface area contributed by atoms with E-state index < -0.39 is 0 Å². The second kappa shape index (κ2) is 4.85. The highest BCUT2D eigenvalue weighted by atomic mass is 16.2. The average Bonchev–Trinajstić information content (AvgIpc) is 2.95. The number of rotatable bonds is 3. The van der Waals surface area contributed by atoms with Gasteiger partial charge in [0.2, 0.25) is 5.91 Å². The van der Waals surface area contributed by atoms with Gasteiger partial charge in [-0.1, -0.05) is 18.2 Å². The number of amides is 1. The fourth-order valence-corrected chi connectivity index (χ4v) is 2.44. The van der Waals surface area contributed by atoms with Crippen molar-refractivity contribution in [3.63, 3.8) is 0 Å². The summed E-state index contributed by atoms with van der Waals surface area (Å²) in [6, 6.07) is 8.08. The zero-order valence-corrected chi connectivity index (χ0v) is 10.8. The molecule has 2 N–H and O–H groups in total. The molecule has 2 heterocycles. The van der Waals surface area contributed by atoms with E-state index in [-0.39, 0.29) is 11.9 Å². The first kappa shape index (κ1) is 11.9. The van der Waals surface area contributed by atoms with Crippen LogP contribution in [-0.2, 0) is 11.3 Å². The van der Waals surface area contributed by atoms with Gasteiger partial charge in [0.15, 0.2) is 0 Å². The van der Waals surface area contributed by atoms with Crippen molar-refractivity contribution in [3.05, 3.63) is 48.0 Å². The quantitative estimate of drug-likeness (QED) is 0.877. The third-order valence-electron chi connectivity index (χ3n) is 3.52. The van der Waals surface area contributed by atoms with Crippen LogP contribution in [0.5, 0.6) is 0 Å². The molecule has 5 heteroatoms. The summed E-state index contributed by atoms with van der Waals surface area (Å²) >= 11 is 0. The van der Waals surface area contributed by atoms with Gasteiger partial charge >= 0.3 is 0 Å². The maximum absolute atomic E-state index is 12.0. The summed E-state index contributed by atoms with van der Waals surface area (Å²) in [5.74, 6) is 0.140. The van der Waals surface area contributed by atoms with Gasteiger partial charge in [0, 0.05) is 43.6 Å². The molecule has 5 nitrogen and oxygen atoms in total. The number of H-pyrrole nitrogens is 1. The van der Waals surface area contributed by atoms with E-state index in [2.05, 4.69) is 21.4 Å². The van der Waals surface area contributed by atoms with Crippen LogP contribution in [0.2, 0.25) is 0 Å². The molecule has 1 atom stereocenters. The molecule has 1 aliphatic heterocycles. The Balaban J connectivity index is 1.82. The molecule has 98 valence electrons. The molecule has 0 fully saturated rings. The summed E-state index contributed by atoms with van der Waals surface area (Å²) in [4.78, 5) is 20.8. The molecule has 1 aliphatic rings. The van der Waals surface area contributed by atoms with E-state index in [1.165, 1.54) is 5.56 Å². The summed E-state index contributed by atoms with van der Waals surface area (Å²) < 4.78 is 0. The fraction of sp³-hybridized carbons (Fsp3) is 0.286. The number of fused-ring (bicyclic) bond motifs is 1. The highest BCUT2D eigenvalue weighted by Gasteiger charge is 2.28. The number of benzene rings is 1. The van der Waals surface area contributed by atoms with Gasteiger partial charge in [-0.2, -0.15) is 0 Å². The Kier molecular flexibility index (Phi) is 3.05. The van der Waals surface area contributed by atoms with Crippen molar-refractivity contribution in [2.75, 3.05) is 11.9 Å². The first-order valence-corrected chi connectivity index (χ1v) is 6.32. The number of hydrogen-bond acceptors (Lipinski definition) is 3. The Morgan fingerprint density at radius 1 is 1.47 bits per heavy atom. The molecule has 0 saturated heterocycles. The van der Waals surface area contributed by atoms with Crippen molar-refractivity contribution in [1.29, 1.82) is 0 Å². The predicted molar refractivity (Wildman–Crippen MR) is 72.6 cm³/mol. The van der Waals surface area contributed by atoms with E-state index in [1.807, 2.05) is 25.2 Å². The van der Waals surface area contributed by atoms with Crippen LogP contribution in [0.4, 0.5) is 5.69 Å². The van der Waals surface area contributed by atoms with Gasteiger partial charge in [-0.3, -0.25) is 4.79 Å². The molecule has 1 aromatic heterocycles. The van der Waals surface area contributed by atoms with Crippen LogP contribution in [0.1, 0.15) is 23.7 Å². The molecule has 1 aromatic carbocycles. The van der Waals surface area contributed by atoms with Crippen LogP contribution in [0.15, 0.2) is 36.8 Å². The van der Waals surface area contributed by atoms with E-state index in [0.717, 1.165) is 11.4 Å². The normalized spacial score (nSPS) is 18.5. The number of aromatic nitrogens is 2. The van der Waals surface area contributed by atoms with Crippen molar-refractivity contribution in [2.45, 2.75) is 19.0 Å². The zero-order chi connectivity index (χ0) is 13.2. The summed E-state index contributed by atoms with van der Waals surface area (Å²) in [7, 11) is 1.83. The minimum Gasteiger partial charge on any atom is -0.347 e. The first-order valence-electron chi connectivity index (χ1n) is 6.32. The smallest absolute Gasteiger partial charge is 0.228 e. The number of hydrogen-bond donors (Lipinski definition) is 2. The van der Waals surface area contributed by atoms with Crippen LogP contribution < -0.4 is 10.2 Å². The van der Waals surface area contributed by atoms with Crippen LogP contribution in [0.3, 0.4) is 0 Å². The topological polar surface area (TPSA) is 61.0 Å². The van der Waals surface area contributed by atoms with Crippen molar-refractivity contribution < 1.29 is 4.79 Å². The van der Waals surface area contributed by atoms with Gasteiger partial charge < -0.3 is 15.2 Å². The molecule has 0 bridgehead atoms. The molecule has 3 rings (SSSR count). The fourth-order valence-electron chi connectivity index (χ4n) is 2.44. The van der Waals surface area contributed by atoms with Gasteiger partial charge in [0.05, 0.1) is 6.33 Å². The lowest BCUT2D eigenvalue weighted by atomic mass is 9.96. The minimum atomic E-state index is 0.0585. The third-order valence-corrected chi connectivity index (χ3v) is 3.52. The molecule has 0 spiro atoms. The maximum atomic E-state index is 12.0. The van der Waals surface area contributed by atoms with Gasteiger partial charge in [-0.15, -0.1) is 0 Å². The number of nitrogens with zero attached hydrogens (tertiary/aromatic N) is 2. The number of nitrogens with one attached hydrogen (secondary N) is 2. The molecule has 0 aliphatic carbocycles. The molecular weight excluding hydrogens is 240 g/mol. The van der Waals surface area contributed by atoms with Gasteiger partial charge in [-0.25, -0.2) is 4.98 Å². The summed E-state index contributed by atoms with van der Waals surface area (Å²) in [5, 5.41) is 3.41. The largest absolute Gasteiger partial charge is 0.347 e. The lowest BCUT2D eigenvalue weighted by Crippen LogP contribution is -2.37. The molecule has 2 aromatic rings. The number of para-hydroxylation sites is 1. The molecule has 1 unspecified atom stereocenters. The van der Waals surface area contributed by atoms with Crippen molar-refractivity contribution in [1.82, 2.24) is 15.3 Å². The molecule has 0 saturated carbocycles. The maximum Gasteiger partial charge on any atom is 0.228 e. The Hall–Kier alpha value is -2.14. The summed E-state index contributed by atoms with van der Waals surface area (Å²) in [6.07, 6.45) is 3.93. The summed E-state index contributed by atoms with van der Waals surface area (Å²) in [6.45, 7) is 0.677. The van der Waals surface area contributed by atoms with E-state index in [4.69, 9.17) is 0 Å². The van der Waals surface area contributed by atoms with Gasteiger partial charge in [0.1, 0.15) is 0 Å². The molecule has 1 amide bonds. The number of anilines is 1. The second-order valence-corrected chi connectivity index (χ2v) is 4.73. The van der Waals surface area contributed by atoms with E-state index in [0.29, 0.717) is 13.0 Å². The second-order valence-electron chi connectivity index (χ2n) is 4.73. The van der Waals surface area contributed by atoms with Gasteiger partial charge in [-0.05, 0) is 11.6 Å². The highest BCUT2D eigenvalue weighted by Crippen LogP contribution is 2.33. The Morgan fingerprint density at radius 3 is 3.11 bits per heavy atom. The Morgan fingerprint density at radius 2 is 2.32 bits per heavy atom. The lowest BCUT2D eigenvalue weighted by Gasteiger charge is -2.32. The van der Waals surface area contributed by atoms with E-state index in [9.17, 15) is 4.79 Å². The van der Waals surface area contributed by atoms with Crippen molar-refractivity contribution in [3.8, 4) is 0 Å². The Bertz CT molecular complexity index is 579.